The number of carbonyl (C=O) groups is 2. The summed E-state index contributed by atoms with van der Waals surface area (Å²) in [5.74, 6) is 0.104. The molecule has 0 saturated heterocycles. The molecule has 7 heteroatoms. The average molecular weight is 465 g/mol. The fourth-order valence-electron chi connectivity index (χ4n) is 2.91. The summed E-state index contributed by atoms with van der Waals surface area (Å²) in [4.78, 5) is 27.3. The number of ether oxygens (including phenoxy) is 1. The minimum absolute atomic E-state index is 0.0173. The van der Waals surface area contributed by atoms with Crippen LogP contribution in [0, 0.1) is 13.8 Å². The van der Waals surface area contributed by atoms with Crippen molar-refractivity contribution in [3.63, 3.8) is 0 Å². The van der Waals surface area contributed by atoms with E-state index in [4.69, 9.17) is 27.9 Å². The molecule has 0 heterocycles. The third-order valence-corrected chi connectivity index (χ3v) is 6.08. The summed E-state index contributed by atoms with van der Waals surface area (Å²) >= 11 is 12.1. The van der Waals surface area contributed by atoms with Gasteiger partial charge >= 0.3 is 0 Å². The number of benzene rings is 2. The minimum atomic E-state index is -0.681. The van der Waals surface area contributed by atoms with Crippen LogP contribution in [0.25, 0.3) is 0 Å². The highest BCUT2D eigenvalue weighted by Gasteiger charge is 2.27. The number of halogens is 2. The van der Waals surface area contributed by atoms with E-state index in [1.54, 1.807) is 25.1 Å². The molecule has 0 unspecified atom stereocenters. The molecule has 2 aromatic carbocycles. The first-order chi connectivity index (χ1) is 14.6. The lowest BCUT2D eigenvalue weighted by Gasteiger charge is -2.29. The second kappa shape index (κ2) is 11.4. The lowest BCUT2D eigenvalue weighted by molar-refractivity contribution is -0.142. The number of amides is 2. The highest BCUT2D eigenvalue weighted by molar-refractivity contribution is 6.42. The van der Waals surface area contributed by atoms with Crippen LogP contribution in [0.4, 0.5) is 0 Å². The molecular formula is C24H30Cl2N2O3. The van der Waals surface area contributed by atoms with E-state index < -0.39 is 6.04 Å². The van der Waals surface area contributed by atoms with Crippen molar-refractivity contribution < 1.29 is 14.3 Å². The maximum Gasteiger partial charge on any atom is 0.261 e. The van der Waals surface area contributed by atoms with E-state index >= 15 is 0 Å². The lowest BCUT2D eigenvalue weighted by Crippen LogP contribution is -2.50. The van der Waals surface area contributed by atoms with Crippen LogP contribution in [0.1, 0.15) is 43.9 Å². The highest BCUT2D eigenvalue weighted by Crippen LogP contribution is 2.24. The first kappa shape index (κ1) is 25.0. The molecule has 168 valence electrons. The summed E-state index contributed by atoms with van der Waals surface area (Å²) in [7, 11) is 0. The van der Waals surface area contributed by atoms with Gasteiger partial charge in [0, 0.05) is 12.6 Å². The van der Waals surface area contributed by atoms with Gasteiger partial charge in [-0.2, -0.15) is 0 Å². The van der Waals surface area contributed by atoms with Gasteiger partial charge in [-0.3, -0.25) is 9.59 Å². The normalized spacial score (nSPS) is 12.7. The van der Waals surface area contributed by atoms with Gasteiger partial charge in [0.15, 0.2) is 6.61 Å². The summed E-state index contributed by atoms with van der Waals surface area (Å²) in [6.07, 6.45) is 0.801. The first-order valence-electron chi connectivity index (χ1n) is 10.4. The van der Waals surface area contributed by atoms with Crippen LogP contribution in [0.15, 0.2) is 36.4 Å². The number of aryl methyl sites for hydroxylation is 2. The van der Waals surface area contributed by atoms with E-state index in [0.717, 1.165) is 23.1 Å². The van der Waals surface area contributed by atoms with Crippen LogP contribution < -0.4 is 10.1 Å². The number of nitrogens with one attached hydrogen (secondary N) is 1. The molecule has 0 aromatic heterocycles. The van der Waals surface area contributed by atoms with Gasteiger partial charge in [0.1, 0.15) is 11.8 Å². The van der Waals surface area contributed by atoms with Crippen molar-refractivity contribution in [2.45, 2.75) is 59.7 Å². The molecule has 0 bridgehead atoms. The summed E-state index contributed by atoms with van der Waals surface area (Å²) in [5, 5.41) is 3.77. The first-order valence-corrected chi connectivity index (χ1v) is 11.1. The van der Waals surface area contributed by atoms with Crippen LogP contribution in [-0.4, -0.2) is 35.4 Å². The molecule has 2 amide bonds. The molecule has 0 saturated carbocycles. The van der Waals surface area contributed by atoms with E-state index in [9.17, 15) is 9.59 Å². The number of nitrogens with zero attached hydrogens (tertiary/aromatic N) is 1. The summed E-state index contributed by atoms with van der Waals surface area (Å²) in [5.41, 5.74) is 3.01. The summed E-state index contributed by atoms with van der Waals surface area (Å²) in [6, 6.07) is 10.2. The molecule has 1 N–H and O–H groups in total. The zero-order valence-electron chi connectivity index (χ0n) is 18.7. The van der Waals surface area contributed by atoms with E-state index in [-0.39, 0.29) is 31.0 Å². The number of hydrogen-bond donors (Lipinski definition) is 1. The molecule has 2 atom stereocenters. The Kier molecular flexibility index (Phi) is 9.20. The number of carbonyl (C=O) groups excluding carboxylic acids is 2. The third kappa shape index (κ3) is 7.15. The maximum atomic E-state index is 13.1. The Morgan fingerprint density at radius 1 is 1.03 bits per heavy atom. The average Bonchev–Trinajstić information content (AvgIpc) is 2.74. The van der Waals surface area contributed by atoms with Gasteiger partial charge in [-0.25, -0.2) is 0 Å². The minimum Gasteiger partial charge on any atom is -0.484 e. The van der Waals surface area contributed by atoms with Crippen molar-refractivity contribution in [2.75, 3.05) is 6.61 Å². The standard InChI is InChI=1S/C24H30Cl2N2O3/c1-6-17(4)27-24(30)18(5)28(13-19-8-10-21(25)22(26)12-19)23(29)14-31-20-9-7-15(2)16(3)11-20/h7-12,17-18H,6,13-14H2,1-5H3,(H,27,30)/t17-,18+/m0/s1. The fraction of sp³-hybridized carbons (Fsp3) is 0.417. The molecule has 2 aromatic rings. The Hall–Kier alpha value is -2.24. The Bertz CT molecular complexity index is 933. The Morgan fingerprint density at radius 3 is 2.35 bits per heavy atom. The molecule has 0 fully saturated rings. The quantitative estimate of drug-likeness (QED) is 0.545. The monoisotopic (exact) mass is 464 g/mol. The van der Waals surface area contributed by atoms with Crippen molar-refractivity contribution in [1.29, 1.82) is 0 Å². The highest BCUT2D eigenvalue weighted by atomic mass is 35.5. The largest absolute Gasteiger partial charge is 0.484 e. The molecule has 0 aliphatic carbocycles. The molecule has 0 aliphatic rings. The smallest absolute Gasteiger partial charge is 0.261 e. The van der Waals surface area contributed by atoms with Gasteiger partial charge in [0.25, 0.3) is 5.91 Å². The van der Waals surface area contributed by atoms with E-state index in [0.29, 0.717) is 15.8 Å². The van der Waals surface area contributed by atoms with Crippen molar-refractivity contribution in [2.24, 2.45) is 0 Å². The predicted molar refractivity (Wildman–Crippen MR) is 126 cm³/mol. The van der Waals surface area contributed by atoms with E-state index in [1.807, 2.05) is 45.9 Å². The zero-order chi connectivity index (χ0) is 23.1. The Morgan fingerprint density at radius 2 is 1.74 bits per heavy atom. The second-order valence-electron chi connectivity index (χ2n) is 7.80. The van der Waals surface area contributed by atoms with Crippen molar-refractivity contribution in [3.8, 4) is 5.75 Å². The van der Waals surface area contributed by atoms with Gasteiger partial charge in [-0.05, 0) is 75.1 Å². The number of rotatable bonds is 9. The van der Waals surface area contributed by atoms with Crippen molar-refractivity contribution in [3.05, 3.63) is 63.1 Å². The summed E-state index contributed by atoms with van der Waals surface area (Å²) in [6.45, 7) is 9.67. The van der Waals surface area contributed by atoms with E-state index in [1.165, 1.54) is 4.90 Å². The topological polar surface area (TPSA) is 58.6 Å². The molecule has 0 radical (unpaired) electrons. The fourth-order valence-corrected chi connectivity index (χ4v) is 3.24. The molecule has 0 spiro atoms. The molecule has 2 rings (SSSR count). The molecule has 31 heavy (non-hydrogen) atoms. The van der Waals surface area contributed by atoms with Gasteiger partial charge in [-0.1, -0.05) is 42.3 Å². The van der Waals surface area contributed by atoms with Crippen LogP contribution >= 0.6 is 23.2 Å². The van der Waals surface area contributed by atoms with Crippen molar-refractivity contribution >= 4 is 35.0 Å². The van der Waals surface area contributed by atoms with E-state index in [2.05, 4.69) is 5.32 Å². The predicted octanol–water partition coefficient (Wildman–Crippen LogP) is 5.32. The molecular weight excluding hydrogens is 435 g/mol. The van der Waals surface area contributed by atoms with Crippen LogP contribution in [0.5, 0.6) is 5.75 Å². The van der Waals surface area contributed by atoms with Crippen molar-refractivity contribution in [1.82, 2.24) is 10.2 Å². The molecule has 5 nitrogen and oxygen atoms in total. The van der Waals surface area contributed by atoms with Crippen LogP contribution in [0.2, 0.25) is 10.0 Å². The lowest BCUT2D eigenvalue weighted by atomic mass is 10.1. The van der Waals surface area contributed by atoms with Gasteiger partial charge in [0.2, 0.25) is 5.91 Å². The van der Waals surface area contributed by atoms with Gasteiger partial charge in [0.05, 0.1) is 10.0 Å². The van der Waals surface area contributed by atoms with Crippen LogP contribution in [0.3, 0.4) is 0 Å². The zero-order valence-corrected chi connectivity index (χ0v) is 20.2. The summed E-state index contributed by atoms with van der Waals surface area (Å²) < 4.78 is 5.73. The van der Waals surface area contributed by atoms with Gasteiger partial charge < -0.3 is 15.0 Å². The van der Waals surface area contributed by atoms with Gasteiger partial charge in [-0.15, -0.1) is 0 Å². The Balaban J connectivity index is 2.19. The third-order valence-electron chi connectivity index (χ3n) is 5.35. The van der Waals surface area contributed by atoms with Crippen LogP contribution in [-0.2, 0) is 16.1 Å². The molecule has 0 aliphatic heterocycles. The second-order valence-corrected chi connectivity index (χ2v) is 8.61. The Labute approximate surface area is 194 Å². The number of hydrogen-bond acceptors (Lipinski definition) is 3. The maximum absolute atomic E-state index is 13.1. The SMILES string of the molecule is CC[C@H](C)NC(=O)[C@@H](C)N(Cc1ccc(Cl)c(Cl)c1)C(=O)COc1ccc(C)c(C)c1.